The van der Waals surface area contributed by atoms with Crippen LogP contribution in [0.4, 0.5) is 10.5 Å². The number of amides is 2. The predicted molar refractivity (Wildman–Crippen MR) is 101 cm³/mol. The first-order valence-corrected chi connectivity index (χ1v) is 9.28. The summed E-state index contributed by atoms with van der Waals surface area (Å²) in [6, 6.07) is 8.39. The Kier molecular flexibility index (Phi) is 5.63. The second kappa shape index (κ2) is 7.91. The zero-order valence-corrected chi connectivity index (χ0v) is 15.1. The van der Waals surface area contributed by atoms with Crippen molar-refractivity contribution >= 4 is 11.7 Å². The molecule has 0 spiro atoms. The molecule has 2 amide bonds. The van der Waals surface area contributed by atoms with Crippen LogP contribution in [0, 0.1) is 5.41 Å². The number of nitrogens with zero attached hydrogens (tertiary/aromatic N) is 2. The molecule has 1 fully saturated rings. The molecule has 136 valence electrons. The van der Waals surface area contributed by atoms with Crippen LogP contribution in [-0.4, -0.2) is 48.8 Å². The second-order valence-electron chi connectivity index (χ2n) is 7.20. The summed E-state index contributed by atoms with van der Waals surface area (Å²) in [7, 11) is 0. The summed E-state index contributed by atoms with van der Waals surface area (Å²) >= 11 is 0. The Morgan fingerprint density at radius 2 is 1.80 bits per heavy atom. The van der Waals surface area contributed by atoms with E-state index in [9.17, 15) is 9.90 Å². The average Bonchev–Trinajstić information content (AvgIpc) is 3.21. The van der Waals surface area contributed by atoms with E-state index < -0.39 is 0 Å². The molecule has 5 heteroatoms. The number of piperidine rings is 1. The lowest BCUT2D eigenvalue weighted by Gasteiger charge is -2.40. The van der Waals surface area contributed by atoms with Crippen LogP contribution in [0.25, 0.3) is 0 Å². The van der Waals surface area contributed by atoms with E-state index >= 15 is 0 Å². The third-order valence-corrected chi connectivity index (χ3v) is 5.76. The number of hydrogen-bond acceptors (Lipinski definition) is 3. The summed E-state index contributed by atoms with van der Waals surface area (Å²) in [5, 5.41) is 12.6. The zero-order valence-electron chi connectivity index (χ0n) is 15.1. The molecule has 2 aliphatic rings. The number of rotatable bonds is 5. The van der Waals surface area contributed by atoms with Gasteiger partial charge in [-0.3, -0.25) is 0 Å². The van der Waals surface area contributed by atoms with Crippen molar-refractivity contribution in [2.75, 3.05) is 37.7 Å². The highest BCUT2D eigenvalue weighted by Crippen LogP contribution is 2.34. The standard InChI is InChI=1S/C20H29N3O2/c1-2-20(16-24)9-13-23(14-10-20)19(25)21-15-17-5-7-18(8-6-17)22-11-3-4-12-22/h3-8,24H,2,9-16H2,1H3,(H,21,25). The van der Waals surface area contributed by atoms with Gasteiger partial charge in [0.1, 0.15) is 0 Å². The second-order valence-corrected chi connectivity index (χ2v) is 7.20. The van der Waals surface area contributed by atoms with Gasteiger partial charge in [0, 0.05) is 45.0 Å². The van der Waals surface area contributed by atoms with Crippen molar-refractivity contribution in [1.29, 1.82) is 0 Å². The van der Waals surface area contributed by atoms with Crippen molar-refractivity contribution < 1.29 is 9.90 Å². The van der Waals surface area contributed by atoms with Gasteiger partial charge in [0.25, 0.3) is 0 Å². The quantitative estimate of drug-likeness (QED) is 0.808. The van der Waals surface area contributed by atoms with Gasteiger partial charge in [0.05, 0.1) is 0 Å². The summed E-state index contributed by atoms with van der Waals surface area (Å²) in [5.41, 5.74) is 2.34. The first-order valence-electron chi connectivity index (χ1n) is 9.28. The number of carbonyl (C=O) groups is 1. The highest BCUT2D eigenvalue weighted by molar-refractivity contribution is 5.74. The fourth-order valence-corrected chi connectivity index (χ4v) is 3.61. The van der Waals surface area contributed by atoms with Crippen LogP contribution in [0.15, 0.2) is 36.4 Å². The van der Waals surface area contributed by atoms with E-state index in [1.54, 1.807) is 0 Å². The number of benzene rings is 1. The number of aliphatic hydroxyl groups excluding tert-OH is 1. The molecule has 2 heterocycles. The Balaban J connectivity index is 1.46. The fraction of sp³-hybridized carbons (Fsp3) is 0.550. The van der Waals surface area contributed by atoms with Crippen LogP contribution in [0.1, 0.15) is 31.7 Å². The molecule has 0 atom stereocenters. The van der Waals surface area contributed by atoms with Crippen molar-refractivity contribution in [2.24, 2.45) is 5.41 Å². The summed E-state index contributed by atoms with van der Waals surface area (Å²) in [6.45, 7) is 6.27. The SMILES string of the molecule is CCC1(CO)CCN(C(=O)NCc2ccc(N3CC=CC3)cc2)CC1. The Morgan fingerprint density at radius 1 is 1.16 bits per heavy atom. The number of hydrogen-bond donors (Lipinski definition) is 2. The predicted octanol–water partition coefficient (Wildman–Crippen LogP) is 2.76. The van der Waals surface area contributed by atoms with Gasteiger partial charge in [-0.1, -0.05) is 31.2 Å². The van der Waals surface area contributed by atoms with Crippen molar-refractivity contribution in [3.8, 4) is 0 Å². The Labute approximate surface area is 150 Å². The summed E-state index contributed by atoms with van der Waals surface area (Å²) < 4.78 is 0. The van der Waals surface area contributed by atoms with Crippen molar-refractivity contribution in [1.82, 2.24) is 10.2 Å². The Hall–Kier alpha value is -2.01. The molecule has 3 rings (SSSR count). The topological polar surface area (TPSA) is 55.8 Å². The molecule has 1 aromatic carbocycles. The van der Waals surface area contributed by atoms with Gasteiger partial charge < -0.3 is 20.2 Å². The van der Waals surface area contributed by atoms with E-state index in [2.05, 4.69) is 53.6 Å². The first kappa shape index (κ1) is 17.8. The van der Waals surface area contributed by atoms with Gasteiger partial charge in [-0.05, 0) is 42.4 Å². The molecule has 0 bridgehead atoms. The molecule has 5 nitrogen and oxygen atoms in total. The largest absolute Gasteiger partial charge is 0.396 e. The maximum atomic E-state index is 12.4. The summed E-state index contributed by atoms with van der Waals surface area (Å²) in [6.07, 6.45) is 7.09. The maximum Gasteiger partial charge on any atom is 0.317 e. The van der Waals surface area contributed by atoms with Crippen LogP contribution in [-0.2, 0) is 6.54 Å². The number of carbonyl (C=O) groups excluding carboxylic acids is 1. The van der Waals surface area contributed by atoms with E-state index in [1.807, 2.05) is 4.90 Å². The van der Waals surface area contributed by atoms with E-state index in [4.69, 9.17) is 0 Å². The molecule has 0 radical (unpaired) electrons. The van der Waals surface area contributed by atoms with Crippen LogP contribution in [0.5, 0.6) is 0 Å². The van der Waals surface area contributed by atoms with Crippen LogP contribution in [0.3, 0.4) is 0 Å². The lowest BCUT2D eigenvalue weighted by molar-refractivity contribution is 0.0519. The fourth-order valence-electron chi connectivity index (χ4n) is 3.61. The number of anilines is 1. The third kappa shape index (κ3) is 4.15. The van der Waals surface area contributed by atoms with Crippen molar-refractivity contribution in [3.63, 3.8) is 0 Å². The lowest BCUT2D eigenvalue weighted by atomic mass is 9.77. The number of nitrogens with one attached hydrogen (secondary N) is 1. The van der Waals surface area contributed by atoms with Crippen molar-refractivity contribution in [3.05, 3.63) is 42.0 Å². The van der Waals surface area contributed by atoms with E-state index in [-0.39, 0.29) is 18.1 Å². The molecule has 2 aliphatic heterocycles. The smallest absolute Gasteiger partial charge is 0.317 e. The van der Waals surface area contributed by atoms with Crippen LogP contribution < -0.4 is 10.2 Å². The summed E-state index contributed by atoms with van der Waals surface area (Å²) in [4.78, 5) is 16.5. The molecule has 25 heavy (non-hydrogen) atoms. The molecule has 1 aromatic rings. The molecular formula is C20H29N3O2. The van der Waals surface area contributed by atoms with Gasteiger partial charge in [-0.15, -0.1) is 0 Å². The Morgan fingerprint density at radius 3 is 2.36 bits per heavy atom. The van der Waals surface area contributed by atoms with Crippen LogP contribution >= 0.6 is 0 Å². The van der Waals surface area contributed by atoms with Gasteiger partial charge >= 0.3 is 6.03 Å². The van der Waals surface area contributed by atoms with Crippen molar-refractivity contribution in [2.45, 2.75) is 32.7 Å². The minimum Gasteiger partial charge on any atom is -0.396 e. The Bertz CT molecular complexity index is 590. The van der Waals surface area contributed by atoms with E-state index in [0.29, 0.717) is 6.54 Å². The normalized spacial score (nSPS) is 19.3. The van der Waals surface area contributed by atoms with Gasteiger partial charge in [-0.2, -0.15) is 0 Å². The highest BCUT2D eigenvalue weighted by Gasteiger charge is 2.33. The van der Waals surface area contributed by atoms with E-state index in [1.165, 1.54) is 5.69 Å². The molecular weight excluding hydrogens is 314 g/mol. The number of aliphatic hydroxyl groups is 1. The molecule has 0 unspecified atom stereocenters. The van der Waals surface area contributed by atoms with E-state index in [0.717, 1.165) is 51.0 Å². The van der Waals surface area contributed by atoms with Gasteiger partial charge in [0.2, 0.25) is 0 Å². The third-order valence-electron chi connectivity index (χ3n) is 5.76. The average molecular weight is 343 g/mol. The zero-order chi connectivity index (χ0) is 17.7. The maximum absolute atomic E-state index is 12.4. The highest BCUT2D eigenvalue weighted by atomic mass is 16.3. The minimum atomic E-state index is -0.00420. The molecule has 0 saturated carbocycles. The monoisotopic (exact) mass is 343 g/mol. The molecule has 0 aromatic heterocycles. The minimum absolute atomic E-state index is 0.00420. The lowest BCUT2D eigenvalue weighted by Crippen LogP contribution is -2.48. The molecule has 0 aliphatic carbocycles. The molecule has 2 N–H and O–H groups in total. The number of urea groups is 1. The number of likely N-dealkylation sites (tertiary alicyclic amines) is 1. The first-order chi connectivity index (χ1) is 12.2. The van der Waals surface area contributed by atoms with Crippen LogP contribution in [0.2, 0.25) is 0 Å². The van der Waals surface area contributed by atoms with Gasteiger partial charge in [0.15, 0.2) is 0 Å². The van der Waals surface area contributed by atoms with Gasteiger partial charge in [-0.25, -0.2) is 4.79 Å². The molecule has 1 saturated heterocycles. The summed E-state index contributed by atoms with van der Waals surface area (Å²) in [5.74, 6) is 0.